The molecule has 0 aromatic heterocycles. The molecular weight excluding hydrogens is 242 g/mol. The van der Waals surface area contributed by atoms with E-state index in [-0.39, 0.29) is 18.4 Å². The van der Waals surface area contributed by atoms with Gasteiger partial charge in [0.1, 0.15) is 0 Å². The molecule has 1 aromatic rings. The van der Waals surface area contributed by atoms with Gasteiger partial charge in [-0.05, 0) is 19.1 Å². The Morgan fingerprint density at radius 2 is 2.11 bits per heavy atom. The van der Waals surface area contributed by atoms with Gasteiger partial charge in [0.05, 0.1) is 6.54 Å². The summed E-state index contributed by atoms with van der Waals surface area (Å²) in [4.78, 5) is 25.7. The first kappa shape index (κ1) is 13.7. The predicted octanol–water partition coefficient (Wildman–Crippen LogP) is 0.237. The second-order valence-corrected chi connectivity index (χ2v) is 4.77. The maximum absolute atomic E-state index is 11.8. The largest absolute Gasteiger partial charge is 0.314 e. The van der Waals surface area contributed by atoms with Gasteiger partial charge in [-0.2, -0.15) is 0 Å². The second kappa shape index (κ2) is 6.45. The van der Waals surface area contributed by atoms with E-state index in [4.69, 9.17) is 0 Å². The number of nitrogens with zero attached hydrogens (tertiary/aromatic N) is 1. The molecule has 19 heavy (non-hydrogen) atoms. The zero-order chi connectivity index (χ0) is 13.7. The average molecular weight is 261 g/mol. The molecule has 0 spiro atoms. The third-order valence-corrected chi connectivity index (χ3v) is 3.27. The minimum absolute atomic E-state index is 0.248. The summed E-state index contributed by atoms with van der Waals surface area (Å²) in [6.45, 7) is 4.91. The molecule has 2 amide bonds. The van der Waals surface area contributed by atoms with Gasteiger partial charge in [-0.15, -0.1) is 0 Å². The van der Waals surface area contributed by atoms with E-state index in [1.54, 1.807) is 24.3 Å². The summed E-state index contributed by atoms with van der Waals surface area (Å²) in [5, 5.41) is 5.69. The molecule has 1 atom stereocenters. The Bertz CT molecular complexity index is 447. The Balaban J connectivity index is 1.86. The van der Waals surface area contributed by atoms with Crippen LogP contribution in [0.2, 0.25) is 0 Å². The predicted molar refractivity (Wildman–Crippen MR) is 72.8 cm³/mol. The van der Waals surface area contributed by atoms with Crippen molar-refractivity contribution in [1.29, 1.82) is 0 Å². The van der Waals surface area contributed by atoms with Crippen molar-refractivity contribution >= 4 is 11.8 Å². The van der Waals surface area contributed by atoms with Crippen LogP contribution in [0.1, 0.15) is 17.3 Å². The van der Waals surface area contributed by atoms with Crippen molar-refractivity contribution in [2.75, 3.05) is 26.2 Å². The SMILES string of the molecule is C[C@@H]1CNCCN1CC(=O)NC(=O)c1ccccc1. The smallest absolute Gasteiger partial charge is 0.257 e. The van der Waals surface area contributed by atoms with Crippen LogP contribution in [0, 0.1) is 0 Å². The quantitative estimate of drug-likeness (QED) is 0.818. The minimum atomic E-state index is -0.339. The molecule has 2 N–H and O–H groups in total. The first-order valence-corrected chi connectivity index (χ1v) is 6.51. The van der Waals surface area contributed by atoms with E-state index in [0.29, 0.717) is 11.6 Å². The molecule has 0 aliphatic carbocycles. The number of rotatable bonds is 3. The fourth-order valence-electron chi connectivity index (χ4n) is 2.13. The molecule has 2 rings (SSSR count). The molecule has 0 unspecified atom stereocenters. The molecule has 1 heterocycles. The minimum Gasteiger partial charge on any atom is -0.314 e. The van der Waals surface area contributed by atoms with Crippen LogP contribution in [-0.2, 0) is 4.79 Å². The van der Waals surface area contributed by atoms with Gasteiger partial charge in [-0.3, -0.25) is 19.8 Å². The monoisotopic (exact) mass is 261 g/mol. The Labute approximate surface area is 113 Å². The van der Waals surface area contributed by atoms with Gasteiger partial charge in [0.15, 0.2) is 0 Å². The van der Waals surface area contributed by atoms with Gasteiger partial charge in [0.2, 0.25) is 5.91 Å². The lowest BCUT2D eigenvalue weighted by atomic mass is 10.2. The lowest BCUT2D eigenvalue weighted by Crippen LogP contribution is -2.53. The highest BCUT2D eigenvalue weighted by atomic mass is 16.2. The molecule has 1 aromatic carbocycles. The highest BCUT2D eigenvalue weighted by Crippen LogP contribution is 2.02. The summed E-state index contributed by atoms with van der Waals surface area (Å²) in [6.07, 6.45) is 0. The van der Waals surface area contributed by atoms with Crippen molar-refractivity contribution in [3.8, 4) is 0 Å². The fraction of sp³-hybridized carbons (Fsp3) is 0.429. The Kier molecular flexibility index (Phi) is 4.65. The highest BCUT2D eigenvalue weighted by molar-refractivity contribution is 6.05. The molecule has 1 fully saturated rings. The van der Waals surface area contributed by atoms with E-state index < -0.39 is 0 Å². The van der Waals surface area contributed by atoms with Gasteiger partial charge < -0.3 is 5.32 Å². The van der Waals surface area contributed by atoms with E-state index in [1.807, 2.05) is 6.07 Å². The van der Waals surface area contributed by atoms with Crippen LogP contribution in [0.5, 0.6) is 0 Å². The number of piperazine rings is 1. The van der Waals surface area contributed by atoms with E-state index in [0.717, 1.165) is 19.6 Å². The molecule has 0 radical (unpaired) electrons. The topological polar surface area (TPSA) is 61.4 Å². The summed E-state index contributed by atoms with van der Waals surface area (Å²) >= 11 is 0. The van der Waals surface area contributed by atoms with E-state index >= 15 is 0 Å². The number of carbonyl (C=O) groups excluding carboxylic acids is 2. The normalized spacial score (nSPS) is 19.9. The highest BCUT2D eigenvalue weighted by Gasteiger charge is 2.21. The number of carbonyl (C=O) groups is 2. The van der Waals surface area contributed by atoms with Crippen LogP contribution in [0.25, 0.3) is 0 Å². The van der Waals surface area contributed by atoms with E-state index in [1.165, 1.54) is 0 Å². The van der Waals surface area contributed by atoms with Gasteiger partial charge in [0.25, 0.3) is 5.91 Å². The molecule has 0 bridgehead atoms. The summed E-state index contributed by atoms with van der Waals surface area (Å²) < 4.78 is 0. The Morgan fingerprint density at radius 1 is 1.37 bits per heavy atom. The fourth-order valence-corrected chi connectivity index (χ4v) is 2.13. The summed E-state index contributed by atoms with van der Waals surface area (Å²) in [5.74, 6) is -0.587. The molecule has 0 saturated carbocycles. The molecule has 1 aliphatic heterocycles. The maximum atomic E-state index is 11.8. The van der Waals surface area contributed by atoms with Gasteiger partial charge in [-0.25, -0.2) is 0 Å². The van der Waals surface area contributed by atoms with Crippen molar-refractivity contribution < 1.29 is 9.59 Å². The lowest BCUT2D eigenvalue weighted by Gasteiger charge is -2.33. The number of amides is 2. The van der Waals surface area contributed by atoms with Crippen molar-refractivity contribution in [3.05, 3.63) is 35.9 Å². The van der Waals surface area contributed by atoms with Crippen molar-refractivity contribution in [3.63, 3.8) is 0 Å². The van der Waals surface area contributed by atoms with Crippen molar-refractivity contribution in [2.45, 2.75) is 13.0 Å². The maximum Gasteiger partial charge on any atom is 0.257 e. The lowest BCUT2D eigenvalue weighted by molar-refractivity contribution is -0.121. The molecule has 1 saturated heterocycles. The molecule has 5 nitrogen and oxygen atoms in total. The van der Waals surface area contributed by atoms with Crippen LogP contribution < -0.4 is 10.6 Å². The summed E-state index contributed by atoms with van der Waals surface area (Å²) in [7, 11) is 0. The number of benzene rings is 1. The first-order valence-electron chi connectivity index (χ1n) is 6.51. The standard InChI is InChI=1S/C14H19N3O2/c1-11-9-15-7-8-17(11)10-13(18)16-14(19)12-5-3-2-4-6-12/h2-6,11,15H,7-10H2,1H3,(H,16,18,19)/t11-/m1/s1. The van der Waals surface area contributed by atoms with E-state index in [9.17, 15) is 9.59 Å². The Hall–Kier alpha value is -1.72. The average Bonchev–Trinajstić information content (AvgIpc) is 2.42. The van der Waals surface area contributed by atoms with Gasteiger partial charge in [-0.1, -0.05) is 18.2 Å². The zero-order valence-corrected chi connectivity index (χ0v) is 11.1. The van der Waals surface area contributed by atoms with Crippen LogP contribution in [0.3, 0.4) is 0 Å². The first-order chi connectivity index (χ1) is 9.16. The number of nitrogens with one attached hydrogen (secondary N) is 2. The van der Waals surface area contributed by atoms with Crippen LogP contribution in [0.15, 0.2) is 30.3 Å². The van der Waals surface area contributed by atoms with Crippen LogP contribution in [-0.4, -0.2) is 48.9 Å². The number of hydrogen-bond acceptors (Lipinski definition) is 4. The van der Waals surface area contributed by atoms with Crippen molar-refractivity contribution in [2.24, 2.45) is 0 Å². The molecular formula is C14H19N3O2. The molecule has 5 heteroatoms. The van der Waals surface area contributed by atoms with Gasteiger partial charge in [0, 0.05) is 31.2 Å². The van der Waals surface area contributed by atoms with Crippen LogP contribution in [0.4, 0.5) is 0 Å². The van der Waals surface area contributed by atoms with E-state index in [2.05, 4.69) is 22.5 Å². The third-order valence-electron chi connectivity index (χ3n) is 3.27. The molecule has 1 aliphatic rings. The second-order valence-electron chi connectivity index (χ2n) is 4.77. The number of imide groups is 1. The van der Waals surface area contributed by atoms with Gasteiger partial charge >= 0.3 is 0 Å². The van der Waals surface area contributed by atoms with Crippen molar-refractivity contribution in [1.82, 2.24) is 15.5 Å². The zero-order valence-electron chi connectivity index (χ0n) is 11.1. The number of hydrogen-bond donors (Lipinski definition) is 2. The summed E-state index contributed by atoms with van der Waals surface area (Å²) in [5.41, 5.74) is 0.504. The Morgan fingerprint density at radius 3 is 2.79 bits per heavy atom. The molecule has 102 valence electrons. The summed E-state index contributed by atoms with van der Waals surface area (Å²) in [6, 6.07) is 9.08. The van der Waals surface area contributed by atoms with Crippen LogP contribution >= 0.6 is 0 Å². The third kappa shape index (κ3) is 3.87.